The van der Waals surface area contributed by atoms with Gasteiger partial charge in [0, 0.05) is 51.0 Å². The fourth-order valence-electron chi connectivity index (χ4n) is 3.95. The van der Waals surface area contributed by atoms with Crippen LogP contribution in [0.15, 0.2) is 18.2 Å². The van der Waals surface area contributed by atoms with Gasteiger partial charge in [-0.2, -0.15) is 0 Å². The van der Waals surface area contributed by atoms with Crippen molar-refractivity contribution < 1.29 is 4.74 Å². The van der Waals surface area contributed by atoms with E-state index in [1.54, 1.807) is 7.11 Å². The highest BCUT2D eigenvalue weighted by Crippen LogP contribution is 2.27. The van der Waals surface area contributed by atoms with E-state index in [9.17, 15) is 0 Å². The lowest BCUT2D eigenvalue weighted by Crippen LogP contribution is -2.49. The summed E-state index contributed by atoms with van der Waals surface area (Å²) in [7, 11) is 3.98. The predicted octanol–water partition coefficient (Wildman–Crippen LogP) is 2.61. The average Bonchev–Trinajstić information content (AvgIpc) is 2.81. The second-order valence-electron chi connectivity index (χ2n) is 7.06. The van der Waals surface area contributed by atoms with Gasteiger partial charge in [0.1, 0.15) is 5.75 Å². The summed E-state index contributed by atoms with van der Waals surface area (Å²) in [5, 5.41) is 0. The molecule has 4 nitrogen and oxygen atoms in total. The van der Waals surface area contributed by atoms with Gasteiger partial charge in [-0.1, -0.05) is 0 Å². The molecule has 0 bridgehead atoms. The molecule has 0 radical (unpaired) electrons. The van der Waals surface area contributed by atoms with Crippen molar-refractivity contribution in [2.24, 2.45) is 0 Å². The molecule has 128 valence electrons. The van der Waals surface area contributed by atoms with Crippen molar-refractivity contribution in [2.75, 3.05) is 58.3 Å². The van der Waals surface area contributed by atoms with E-state index in [1.165, 1.54) is 69.8 Å². The van der Waals surface area contributed by atoms with Crippen LogP contribution in [0, 0.1) is 6.92 Å². The smallest absolute Gasteiger partial charge is 0.121 e. The minimum Gasteiger partial charge on any atom is -0.496 e. The van der Waals surface area contributed by atoms with Gasteiger partial charge in [-0.25, -0.2) is 0 Å². The summed E-state index contributed by atoms with van der Waals surface area (Å²) in [6, 6.07) is 7.36. The van der Waals surface area contributed by atoms with Gasteiger partial charge in [-0.05, 0) is 57.0 Å². The van der Waals surface area contributed by atoms with Crippen molar-refractivity contribution in [3.05, 3.63) is 23.8 Å². The Kier molecular flexibility index (Phi) is 5.44. The van der Waals surface area contributed by atoms with Gasteiger partial charge < -0.3 is 14.5 Å². The van der Waals surface area contributed by atoms with Crippen LogP contribution in [0.1, 0.15) is 24.8 Å². The van der Waals surface area contributed by atoms with Crippen LogP contribution in [0.4, 0.5) is 5.69 Å². The molecule has 0 spiro atoms. The standard InChI is InChI=1S/C19H31N3O/c1-16-15-18(6-7-19(16)23-3)21-9-4-5-17(8-10-21)22-13-11-20(2)12-14-22/h6-7,15,17H,4-5,8-14H2,1-3H3. The monoisotopic (exact) mass is 317 g/mol. The Bertz CT molecular complexity index is 511. The molecule has 1 atom stereocenters. The number of anilines is 1. The van der Waals surface area contributed by atoms with Crippen LogP contribution in [-0.4, -0.2) is 69.3 Å². The average molecular weight is 317 g/mol. The Morgan fingerprint density at radius 2 is 1.78 bits per heavy atom. The Balaban J connectivity index is 1.61. The van der Waals surface area contributed by atoms with Crippen LogP contribution in [0.3, 0.4) is 0 Å². The molecule has 1 unspecified atom stereocenters. The highest BCUT2D eigenvalue weighted by atomic mass is 16.5. The quantitative estimate of drug-likeness (QED) is 0.853. The van der Waals surface area contributed by atoms with Crippen molar-refractivity contribution in [1.82, 2.24) is 9.80 Å². The Morgan fingerprint density at radius 1 is 1.00 bits per heavy atom. The summed E-state index contributed by atoms with van der Waals surface area (Å²) in [5.74, 6) is 0.985. The first-order valence-electron chi connectivity index (χ1n) is 8.99. The molecule has 0 amide bonds. The number of rotatable bonds is 3. The van der Waals surface area contributed by atoms with E-state index >= 15 is 0 Å². The normalized spacial score (nSPS) is 24.5. The number of ether oxygens (including phenoxy) is 1. The number of likely N-dealkylation sites (N-methyl/N-ethyl adjacent to an activating group) is 1. The Morgan fingerprint density at radius 3 is 2.48 bits per heavy atom. The lowest BCUT2D eigenvalue weighted by Gasteiger charge is -2.37. The third-order valence-electron chi connectivity index (χ3n) is 5.50. The van der Waals surface area contributed by atoms with Gasteiger partial charge >= 0.3 is 0 Å². The van der Waals surface area contributed by atoms with E-state index in [2.05, 4.69) is 46.9 Å². The van der Waals surface area contributed by atoms with E-state index < -0.39 is 0 Å². The molecule has 2 saturated heterocycles. The van der Waals surface area contributed by atoms with Crippen LogP contribution < -0.4 is 9.64 Å². The van der Waals surface area contributed by atoms with Gasteiger partial charge in [0.2, 0.25) is 0 Å². The van der Waals surface area contributed by atoms with Crippen LogP contribution in [0.2, 0.25) is 0 Å². The molecule has 1 aromatic carbocycles. The van der Waals surface area contributed by atoms with E-state index in [-0.39, 0.29) is 0 Å². The molecule has 0 aromatic heterocycles. The molecular formula is C19H31N3O. The molecule has 4 heteroatoms. The summed E-state index contributed by atoms with van der Waals surface area (Å²) in [4.78, 5) is 7.73. The SMILES string of the molecule is COc1ccc(N2CCCC(N3CCN(C)CC3)CC2)cc1C. The zero-order valence-corrected chi connectivity index (χ0v) is 14.9. The third-order valence-corrected chi connectivity index (χ3v) is 5.50. The van der Waals surface area contributed by atoms with Gasteiger partial charge in [0.05, 0.1) is 7.11 Å². The number of hydrogen-bond donors (Lipinski definition) is 0. The second kappa shape index (κ2) is 7.54. The highest BCUT2D eigenvalue weighted by Gasteiger charge is 2.25. The second-order valence-corrected chi connectivity index (χ2v) is 7.06. The molecule has 2 fully saturated rings. The van der Waals surface area contributed by atoms with Gasteiger partial charge in [0.15, 0.2) is 0 Å². The first kappa shape index (κ1) is 16.6. The molecule has 2 heterocycles. The first-order valence-corrected chi connectivity index (χ1v) is 8.99. The van der Waals surface area contributed by atoms with E-state index in [0.717, 1.165) is 11.8 Å². The zero-order valence-electron chi connectivity index (χ0n) is 14.9. The molecule has 23 heavy (non-hydrogen) atoms. The largest absolute Gasteiger partial charge is 0.496 e. The third kappa shape index (κ3) is 3.99. The fourth-order valence-corrected chi connectivity index (χ4v) is 3.95. The summed E-state index contributed by atoms with van der Waals surface area (Å²) >= 11 is 0. The molecular weight excluding hydrogens is 286 g/mol. The Hall–Kier alpha value is -1.26. The minimum atomic E-state index is 0.771. The number of piperazine rings is 1. The number of benzene rings is 1. The van der Waals surface area contributed by atoms with Crippen molar-refractivity contribution >= 4 is 5.69 Å². The van der Waals surface area contributed by atoms with Crippen molar-refractivity contribution in [1.29, 1.82) is 0 Å². The van der Waals surface area contributed by atoms with Crippen LogP contribution >= 0.6 is 0 Å². The summed E-state index contributed by atoms with van der Waals surface area (Å²) in [6.07, 6.45) is 3.92. The minimum absolute atomic E-state index is 0.771. The molecule has 0 saturated carbocycles. The Labute approximate surface area is 141 Å². The predicted molar refractivity (Wildman–Crippen MR) is 96.7 cm³/mol. The highest BCUT2D eigenvalue weighted by molar-refractivity contribution is 5.53. The summed E-state index contributed by atoms with van der Waals surface area (Å²) in [5.41, 5.74) is 2.58. The maximum Gasteiger partial charge on any atom is 0.121 e. The number of aryl methyl sites for hydroxylation is 1. The molecule has 2 aliphatic rings. The van der Waals surface area contributed by atoms with Crippen LogP contribution in [-0.2, 0) is 0 Å². The first-order chi connectivity index (χ1) is 11.2. The molecule has 0 N–H and O–H groups in total. The van der Waals surface area contributed by atoms with Crippen molar-refractivity contribution in [3.8, 4) is 5.75 Å². The van der Waals surface area contributed by atoms with Crippen molar-refractivity contribution in [3.63, 3.8) is 0 Å². The van der Waals surface area contributed by atoms with Crippen molar-refractivity contribution in [2.45, 2.75) is 32.2 Å². The lowest BCUT2D eigenvalue weighted by atomic mass is 10.1. The summed E-state index contributed by atoms with van der Waals surface area (Å²) in [6.45, 7) is 9.40. The van der Waals surface area contributed by atoms with Gasteiger partial charge in [0.25, 0.3) is 0 Å². The van der Waals surface area contributed by atoms with Crippen LogP contribution in [0.5, 0.6) is 5.75 Å². The van der Waals surface area contributed by atoms with E-state index in [1.807, 2.05) is 0 Å². The van der Waals surface area contributed by atoms with Crippen LogP contribution in [0.25, 0.3) is 0 Å². The summed E-state index contributed by atoms with van der Waals surface area (Å²) < 4.78 is 5.39. The molecule has 3 rings (SSSR count). The molecule has 1 aromatic rings. The van der Waals surface area contributed by atoms with Gasteiger partial charge in [-0.3, -0.25) is 4.90 Å². The number of nitrogens with zero attached hydrogens (tertiary/aromatic N) is 3. The number of methoxy groups -OCH3 is 1. The van der Waals surface area contributed by atoms with E-state index in [4.69, 9.17) is 4.74 Å². The topological polar surface area (TPSA) is 19.0 Å². The number of hydrogen-bond acceptors (Lipinski definition) is 4. The van der Waals surface area contributed by atoms with E-state index in [0.29, 0.717) is 0 Å². The van der Waals surface area contributed by atoms with Gasteiger partial charge in [-0.15, -0.1) is 0 Å². The molecule has 0 aliphatic carbocycles. The fraction of sp³-hybridized carbons (Fsp3) is 0.684. The molecule has 2 aliphatic heterocycles. The maximum absolute atomic E-state index is 5.39. The zero-order chi connectivity index (χ0) is 16.2. The lowest BCUT2D eigenvalue weighted by molar-refractivity contribution is 0.105. The maximum atomic E-state index is 5.39.